The van der Waals surface area contributed by atoms with Crippen LogP contribution in [0.15, 0.2) is 29.2 Å². The van der Waals surface area contributed by atoms with E-state index in [9.17, 15) is 18.5 Å². The highest BCUT2D eigenvalue weighted by molar-refractivity contribution is 7.89. The summed E-state index contributed by atoms with van der Waals surface area (Å²) < 4.78 is 26.8. The molecule has 0 bridgehead atoms. The minimum absolute atomic E-state index is 0. The van der Waals surface area contributed by atoms with Gasteiger partial charge in [-0.05, 0) is 25.5 Å². The van der Waals surface area contributed by atoms with E-state index in [1.807, 2.05) is 0 Å². The number of rotatable bonds is 4. The Labute approximate surface area is 123 Å². The van der Waals surface area contributed by atoms with E-state index in [2.05, 4.69) is 10.0 Å². The van der Waals surface area contributed by atoms with Crippen LogP contribution in [-0.4, -0.2) is 32.5 Å². The Morgan fingerprint density at radius 1 is 1.40 bits per heavy atom. The van der Waals surface area contributed by atoms with E-state index in [0.29, 0.717) is 6.54 Å². The molecule has 1 aliphatic rings. The fraction of sp³-hybridized carbons (Fsp3) is 0.455. The van der Waals surface area contributed by atoms with Crippen LogP contribution in [0.2, 0.25) is 0 Å². The van der Waals surface area contributed by atoms with E-state index in [1.165, 1.54) is 18.2 Å². The number of hydrogen-bond donors (Lipinski definition) is 2. The zero-order valence-corrected chi connectivity index (χ0v) is 12.2. The molecule has 2 N–H and O–H groups in total. The number of halogens is 1. The SMILES string of the molecule is Cl.O=[N+]([O-])c1cccc(S(=O)(=O)NC2CCCNC2)c1. The number of non-ortho nitro benzene ring substituents is 1. The lowest BCUT2D eigenvalue weighted by atomic mass is 10.1. The summed E-state index contributed by atoms with van der Waals surface area (Å²) in [6.45, 7) is 1.46. The van der Waals surface area contributed by atoms with Crippen molar-refractivity contribution in [1.29, 1.82) is 0 Å². The molecule has 1 aromatic rings. The Morgan fingerprint density at radius 2 is 2.15 bits per heavy atom. The van der Waals surface area contributed by atoms with E-state index < -0.39 is 14.9 Å². The number of sulfonamides is 1. The topological polar surface area (TPSA) is 101 Å². The van der Waals surface area contributed by atoms with Crippen molar-refractivity contribution in [2.24, 2.45) is 0 Å². The van der Waals surface area contributed by atoms with Crippen LogP contribution >= 0.6 is 12.4 Å². The molecular weight excluding hydrogens is 306 g/mol. The van der Waals surface area contributed by atoms with Gasteiger partial charge in [0.25, 0.3) is 5.69 Å². The third-order valence-electron chi connectivity index (χ3n) is 2.96. The van der Waals surface area contributed by atoms with Gasteiger partial charge in [0.2, 0.25) is 10.0 Å². The zero-order valence-electron chi connectivity index (χ0n) is 10.6. The lowest BCUT2D eigenvalue weighted by Crippen LogP contribution is -2.45. The predicted molar refractivity (Wildman–Crippen MR) is 76.6 cm³/mol. The molecule has 0 saturated carbocycles. The molecule has 7 nitrogen and oxygen atoms in total. The Kier molecular flexibility index (Phi) is 5.88. The number of piperidine rings is 1. The molecule has 2 rings (SSSR count). The first-order valence-corrected chi connectivity index (χ1v) is 7.45. The van der Waals surface area contributed by atoms with Crippen LogP contribution in [0.25, 0.3) is 0 Å². The molecule has 20 heavy (non-hydrogen) atoms. The van der Waals surface area contributed by atoms with Gasteiger partial charge in [-0.15, -0.1) is 12.4 Å². The van der Waals surface area contributed by atoms with Crippen molar-refractivity contribution in [1.82, 2.24) is 10.0 Å². The smallest absolute Gasteiger partial charge is 0.270 e. The first-order chi connectivity index (χ1) is 8.99. The first kappa shape index (κ1) is 16.8. The molecule has 1 unspecified atom stereocenters. The molecule has 1 fully saturated rings. The maximum Gasteiger partial charge on any atom is 0.270 e. The van der Waals surface area contributed by atoms with Crippen LogP contribution in [0.5, 0.6) is 0 Å². The van der Waals surface area contributed by atoms with Gasteiger partial charge >= 0.3 is 0 Å². The quantitative estimate of drug-likeness (QED) is 0.637. The van der Waals surface area contributed by atoms with Crippen molar-refractivity contribution in [2.45, 2.75) is 23.8 Å². The Morgan fingerprint density at radius 3 is 2.75 bits per heavy atom. The van der Waals surface area contributed by atoms with Crippen molar-refractivity contribution in [2.75, 3.05) is 13.1 Å². The summed E-state index contributed by atoms with van der Waals surface area (Å²) in [5, 5.41) is 13.8. The summed E-state index contributed by atoms with van der Waals surface area (Å²) in [4.78, 5) is 9.96. The maximum atomic E-state index is 12.1. The summed E-state index contributed by atoms with van der Waals surface area (Å²) in [6, 6.07) is 4.88. The lowest BCUT2D eigenvalue weighted by Gasteiger charge is -2.23. The van der Waals surface area contributed by atoms with Crippen molar-refractivity contribution >= 4 is 28.1 Å². The second-order valence-corrected chi connectivity index (χ2v) is 6.13. The van der Waals surface area contributed by atoms with Gasteiger partial charge in [0, 0.05) is 24.7 Å². The highest BCUT2D eigenvalue weighted by atomic mass is 35.5. The molecule has 1 aromatic carbocycles. The normalized spacial score (nSPS) is 19.1. The molecule has 0 spiro atoms. The Hall–Kier alpha value is -1.22. The van der Waals surface area contributed by atoms with Crippen LogP contribution in [0, 0.1) is 10.1 Å². The molecule has 1 heterocycles. The monoisotopic (exact) mass is 321 g/mol. The lowest BCUT2D eigenvalue weighted by molar-refractivity contribution is -0.385. The van der Waals surface area contributed by atoms with Gasteiger partial charge in [-0.2, -0.15) is 0 Å². The van der Waals surface area contributed by atoms with Crippen LogP contribution in [0.4, 0.5) is 5.69 Å². The Bertz CT molecular complexity index is 573. The van der Waals surface area contributed by atoms with Crippen LogP contribution in [0.3, 0.4) is 0 Å². The van der Waals surface area contributed by atoms with Crippen LogP contribution in [-0.2, 0) is 10.0 Å². The molecule has 0 radical (unpaired) electrons. The largest absolute Gasteiger partial charge is 0.315 e. The highest BCUT2D eigenvalue weighted by Gasteiger charge is 2.23. The summed E-state index contributed by atoms with van der Waals surface area (Å²) in [5.74, 6) is 0. The molecule has 1 atom stereocenters. The molecule has 0 aliphatic carbocycles. The van der Waals surface area contributed by atoms with Gasteiger partial charge in [0.05, 0.1) is 9.82 Å². The molecule has 112 valence electrons. The standard InChI is InChI=1S/C11H15N3O4S.ClH/c15-14(16)10-4-1-5-11(7-10)19(17,18)13-9-3-2-6-12-8-9;/h1,4-5,7,9,12-13H,2-3,6,8H2;1H. The number of hydrogen-bond acceptors (Lipinski definition) is 5. The predicted octanol–water partition coefficient (Wildman–Crippen LogP) is 1.05. The summed E-state index contributed by atoms with van der Waals surface area (Å²) in [6.07, 6.45) is 1.67. The number of nitro groups is 1. The molecule has 1 aliphatic heterocycles. The van der Waals surface area contributed by atoms with E-state index >= 15 is 0 Å². The minimum Gasteiger partial charge on any atom is -0.315 e. The first-order valence-electron chi connectivity index (χ1n) is 5.96. The van der Waals surface area contributed by atoms with Gasteiger partial charge in [-0.1, -0.05) is 6.07 Å². The van der Waals surface area contributed by atoms with Gasteiger partial charge in [-0.25, -0.2) is 13.1 Å². The molecule has 0 aromatic heterocycles. The zero-order chi connectivity index (χ0) is 13.9. The third kappa shape index (κ3) is 4.14. The number of nitrogens with one attached hydrogen (secondary N) is 2. The molecule has 0 amide bonds. The Balaban J connectivity index is 0.00000200. The molecular formula is C11H16ClN3O4S. The van der Waals surface area contributed by atoms with E-state index in [-0.39, 0.29) is 29.0 Å². The van der Waals surface area contributed by atoms with Crippen molar-refractivity contribution in [3.63, 3.8) is 0 Å². The van der Waals surface area contributed by atoms with Gasteiger partial charge in [0.15, 0.2) is 0 Å². The summed E-state index contributed by atoms with van der Waals surface area (Å²) >= 11 is 0. The maximum absolute atomic E-state index is 12.1. The van der Waals surface area contributed by atoms with Crippen molar-refractivity contribution in [3.8, 4) is 0 Å². The average Bonchev–Trinajstić information content (AvgIpc) is 2.39. The third-order valence-corrected chi connectivity index (χ3v) is 4.48. The minimum atomic E-state index is -3.71. The summed E-state index contributed by atoms with van der Waals surface area (Å²) in [5.41, 5.74) is -0.232. The molecule has 1 saturated heterocycles. The van der Waals surface area contributed by atoms with Crippen molar-refractivity contribution < 1.29 is 13.3 Å². The van der Waals surface area contributed by atoms with Crippen LogP contribution < -0.4 is 10.0 Å². The highest BCUT2D eigenvalue weighted by Crippen LogP contribution is 2.18. The van der Waals surface area contributed by atoms with E-state index in [1.54, 1.807) is 0 Å². The fourth-order valence-corrected chi connectivity index (χ4v) is 3.31. The number of nitrogens with zero attached hydrogens (tertiary/aromatic N) is 1. The summed E-state index contributed by atoms with van der Waals surface area (Å²) in [7, 11) is -3.71. The van der Waals surface area contributed by atoms with Gasteiger partial charge < -0.3 is 5.32 Å². The number of benzene rings is 1. The van der Waals surface area contributed by atoms with Crippen LogP contribution in [0.1, 0.15) is 12.8 Å². The van der Waals surface area contributed by atoms with Crippen molar-refractivity contribution in [3.05, 3.63) is 34.4 Å². The fourth-order valence-electron chi connectivity index (χ4n) is 2.00. The van der Waals surface area contributed by atoms with Gasteiger partial charge in [0.1, 0.15) is 0 Å². The van der Waals surface area contributed by atoms with E-state index in [4.69, 9.17) is 0 Å². The second-order valence-electron chi connectivity index (χ2n) is 4.42. The molecule has 9 heteroatoms. The van der Waals surface area contributed by atoms with Gasteiger partial charge in [-0.3, -0.25) is 10.1 Å². The van der Waals surface area contributed by atoms with E-state index in [0.717, 1.165) is 25.5 Å². The second kappa shape index (κ2) is 6.98. The average molecular weight is 322 g/mol. The number of nitro benzene ring substituents is 1.